The normalized spacial score (nSPS) is 19.2. The number of likely N-dealkylation sites (N-methyl/N-ethyl adjacent to an activating group) is 1. The number of rotatable bonds is 4. The van der Waals surface area contributed by atoms with Crippen LogP contribution < -0.4 is 4.90 Å². The van der Waals surface area contributed by atoms with E-state index in [0.29, 0.717) is 11.7 Å². The molecule has 6 heteroatoms. The predicted octanol–water partition coefficient (Wildman–Crippen LogP) is 2.26. The lowest BCUT2D eigenvalue weighted by Crippen LogP contribution is -2.34. The van der Waals surface area contributed by atoms with Gasteiger partial charge in [0.25, 0.3) is 5.69 Å². The fourth-order valence-electron chi connectivity index (χ4n) is 2.49. The van der Waals surface area contributed by atoms with Crippen molar-refractivity contribution < 1.29 is 9.31 Å². The van der Waals surface area contributed by atoms with Crippen LogP contribution in [0.4, 0.5) is 15.8 Å². The van der Waals surface area contributed by atoms with Crippen LogP contribution >= 0.6 is 0 Å². The highest BCUT2D eigenvalue weighted by Crippen LogP contribution is 2.32. The van der Waals surface area contributed by atoms with Crippen molar-refractivity contribution in [2.75, 3.05) is 31.6 Å². The average molecular weight is 267 g/mol. The number of nitro groups is 1. The highest BCUT2D eigenvalue weighted by molar-refractivity contribution is 5.63. The van der Waals surface area contributed by atoms with Crippen LogP contribution in [0.2, 0.25) is 0 Å². The summed E-state index contributed by atoms with van der Waals surface area (Å²) in [5.74, 6) is -0.572. The molecule has 1 fully saturated rings. The Morgan fingerprint density at radius 1 is 1.58 bits per heavy atom. The minimum absolute atomic E-state index is 0.153. The molecule has 0 radical (unpaired) electrons. The van der Waals surface area contributed by atoms with Crippen molar-refractivity contribution >= 4 is 11.4 Å². The molecular formula is C13H18FN3O2. The van der Waals surface area contributed by atoms with E-state index in [-0.39, 0.29) is 5.69 Å². The Morgan fingerprint density at radius 2 is 2.32 bits per heavy atom. The average Bonchev–Trinajstić information content (AvgIpc) is 2.87. The lowest BCUT2D eigenvalue weighted by molar-refractivity contribution is -0.384. The Kier molecular flexibility index (Phi) is 3.99. The van der Waals surface area contributed by atoms with Crippen molar-refractivity contribution in [3.63, 3.8) is 0 Å². The van der Waals surface area contributed by atoms with Crippen molar-refractivity contribution in [2.24, 2.45) is 0 Å². The first-order chi connectivity index (χ1) is 9.02. The maximum Gasteiger partial charge on any atom is 0.295 e. The number of benzene rings is 1. The summed E-state index contributed by atoms with van der Waals surface area (Å²) in [6.07, 6.45) is 0.971. The van der Waals surface area contributed by atoms with Gasteiger partial charge in [-0.05, 0) is 32.1 Å². The molecule has 0 aliphatic carbocycles. The molecule has 1 aliphatic rings. The van der Waals surface area contributed by atoms with Gasteiger partial charge in [-0.25, -0.2) is 4.39 Å². The van der Waals surface area contributed by atoms with E-state index in [2.05, 4.69) is 11.8 Å². The van der Waals surface area contributed by atoms with Gasteiger partial charge in [-0.3, -0.25) is 10.1 Å². The SMILES string of the molecule is CCN(C)C1CCN(c2ccc(F)cc2[N+](=O)[O-])C1. The van der Waals surface area contributed by atoms with Crippen molar-refractivity contribution in [1.29, 1.82) is 0 Å². The molecular weight excluding hydrogens is 249 g/mol. The molecule has 104 valence electrons. The van der Waals surface area contributed by atoms with Crippen LogP contribution in [0.15, 0.2) is 18.2 Å². The van der Waals surface area contributed by atoms with E-state index in [9.17, 15) is 14.5 Å². The van der Waals surface area contributed by atoms with E-state index in [0.717, 1.165) is 32.1 Å². The molecule has 1 saturated heterocycles. The molecule has 0 aromatic heterocycles. The summed E-state index contributed by atoms with van der Waals surface area (Å²) in [4.78, 5) is 14.7. The smallest absolute Gasteiger partial charge is 0.295 e. The number of hydrogen-bond donors (Lipinski definition) is 0. The molecule has 1 unspecified atom stereocenters. The van der Waals surface area contributed by atoms with Crippen LogP contribution in [0.1, 0.15) is 13.3 Å². The Morgan fingerprint density at radius 3 is 2.95 bits per heavy atom. The maximum absolute atomic E-state index is 13.1. The van der Waals surface area contributed by atoms with Crippen LogP contribution in [0.3, 0.4) is 0 Å². The standard InChI is InChI=1S/C13H18FN3O2/c1-3-15(2)11-6-7-16(9-11)12-5-4-10(14)8-13(12)17(18)19/h4-5,8,11H,3,6-7,9H2,1-2H3. The molecule has 0 N–H and O–H groups in total. The first kappa shape index (κ1) is 13.7. The molecule has 0 spiro atoms. The molecule has 1 aromatic rings. The third-order valence-electron chi connectivity index (χ3n) is 3.76. The molecule has 0 bridgehead atoms. The third kappa shape index (κ3) is 2.84. The Balaban J connectivity index is 2.22. The molecule has 1 aromatic carbocycles. The summed E-state index contributed by atoms with van der Waals surface area (Å²) in [5, 5.41) is 11.0. The third-order valence-corrected chi connectivity index (χ3v) is 3.76. The number of halogens is 1. The molecule has 5 nitrogen and oxygen atoms in total. The summed E-state index contributed by atoms with van der Waals surface area (Å²) in [6.45, 7) is 4.55. The lowest BCUT2D eigenvalue weighted by Gasteiger charge is -2.23. The van der Waals surface area contributed by atoms with Gasteiger partial charge in [0.2, 0.25) is 0 Å². The monoisotopic (exact) mass is 267 g/mol. The molecule has 1 atom stereocenters. The predicted molar refractivity (Wildman–Crippen MR) is 72.0 cm³/mol. The summed E-state index contributed by atoms with van der Waals surface area (Å²) in [6, 6.07) is 4.17. The van der Waals surface area contributed by atoms with E-state index < -0.39 is 10.7 Å². The van der Waals surface area contributed by atoms with Crippen LogP contribution in [0, 0.1) is 15.9 Å². The largest absolute Gasteiger partial charge is 0.364 e. The van der Waals surface area contributed by atoms with E-state index in [1.54, 1.807) is 0 Å². The van der Waals surface area contributed by atoms with Gasteiger partial charge in [0.1, 0.15) is 11.5 Å². The number of anilines is 1. The molecule has 1 aliphatic heterocycles. The quantitative estimate of drug-likeness (QED) is 0.620. The minimum atomic E-state index is -0.572. The second-order valence-electron chi connectivity index (χ2n) is 4.85. The van der Waals surface area contributed by atoms with Gasteiger partial charge in [-0.1, -0.05) is 6.92 Å². The Labute approximate surface area is 111 Å². The first-order valence-corrected chi connectivity index (χ1v) is 6.42. The van der Waals surface area contributed by atoms with Crippen LogP contribution in [0.5, 0.6) is 0 Å². The van der Waals surface area contributed by atoms with Crippen LogP contribution in [-0.4, -0.2) is 42.5 Å². The van der Waals surface area contributed by atoms with E-state index >= 15 is 0 Å². The van der Waals surface area contributed by atoms with Gasteiger partial charge >= 0.3 is 0 Å². The topological polar surface area (TPSA) is 49.6 Å². The van der Waals surface area contributed by atoms with Crippen molar-refractivity contribution in [1.82, 2.24) is 4.90 Å². The van der Waals surface area contributed by atoms with Crippen molar-refractivity contribution in [2.45, 2.75) is 19.4 Å². The molecule has 1 heterocycles. The zero-order valence-electron chi connectivity index (χ0n) is 11.2. The highest BCUT2D eigenvalue weighted by Gasteiger charge is 2.29. The van der Waals surface area contributed by atoms with Crippen LogP contribution in [-0.2, 0) is 0 Å². The van der Waals surface area contributed by atoms with Gasteiger partial charge < -0.3 is 9.80 Å². The van der Waals surface area contributed by atoms with Crippen LogP contribution in [0.25, 0.3) is 0 Å². The van der Waals surface area contributed by atoms with E-state index in [1.807, 2.05) is 11.9 Å². The number of hydrogen-bond acceptors (Lipinski definition) is 4. The summed E-state index contributed by atoms with van der Waals surface area (Å²) >= 11 is 0. The fourth-order valence-corrected chi connectivity index (χ4v) is 2.49. The summed E-state index contributed by atoms with van der Waals surface area (Å²) in [5.41, 5.74) is 0.359. The lowest BCUT2D eigenvalue weighted by atomic mass is 10.2. The molecule has 0 saturated carbocycles. The van der Waals surface area contributed by atoms with Gasteiger partial charge in [0.15, 0.2) is 0 Å². The molecule has 2 rings (SSSR count). The Bertz CT molecular complexity index is 481. The number of nitro benzene ring substituents is 1. The van der Waals surface area contributed by atoms with Crippen molar-refractivity contribution in [3.05, 3.63) is 34.1 Å². The maximum atomic E-state index is 13.1. The van der Waals surface area contributed by atoms with Gasteiger partial charge in [0, 0.05) is 19.1 Å². The molecule has 19 heavy (non-hydrogen) atoms. The van der Waals surface area contributed by atoms with Gasteiger partial charge in [0.05, 0.1) is 11.0 Å². The fraction of sp³-hybridized carbons (Fsp3) is 0.538. The van der Waals surface area contributed by atoms with Crippen molar-refractivity contribution in [3.8, 4) is 0 Å². The second kappa shape index (κ2) is 5.52. The number of nitrogens with zero attached hydrogens (tertiary/aromatic N) is 3. The summed E-state index contributed by atoms with van der Waals surface area (Å²) < 4.78 is 13.1. The second-order valence-corrected chi connectivity index (χ2v) is 4.85. The van der Waals surface area contributed by atoms with E-state index in [4.69, 9.17) is 0 Å². The minimum Gasteiger partial charge on any atom is -0.364 e. The zero-order chi connectivity index (χ0) is 14.0. The molecule has 0 amide bonds. The summed E-state index contributed by atoms with van der Waals surface area (Å²) in [7, 11) is 2.05. The Hall–Kier alpha value is -1.69. The first-order valence-electron chi connectivity index (χ1n) is 6.42. The highest BCUT2D eigenvalue weighted by atomic mass is 19.1. The van der Waals surface area contributed by atoms with Gasteiger partial charge in [-0.15, -0.1) is 0 Å². The van der Waals surface area contributed by atoms with E-state index in [1.165, 1.54) is 12.1 Å². The van der Waals surface area contributed by atoms with Gasteiger partial charge in [-0.2, -0.15) is 0 Å². The zero-order valence-corrected chi connectivity index (χ0v) is 11.2.